The van der Waals surface area contributed by atoms with Crippen molar-refractivity contribution in [2.75, 3.05) is 23.3 Å². The fourth-order valence-corrected chi connectivity index (χ4v) is 3.37. The molecule has 132 valence electrons. The molecule has 1 aliphatic heterocycles. The van der Waals surface area contributed by atoms with Gasteiger partial charge in [0.15, 0.2) is 0 Å². The summed E-state index contributed by atoms with van der Waals surface area (Å²) in [6.45, 7) is 10.0. The first-order chi connectivity index (χ1) is 11.9. The van der Waals surface area contributed by atoms with Crippen molar-refractivity contribution in [3.8, 4) is 0 Å². The van der Waals surface area contributed by atoms with Crippen molar-refractivity contribution >= 4 is 17.5 Å². The SMILES string of the molecule is Cc1cc(C(=O)Nc2c(C)cccc2C)nc(N2CCCC(C)C2)n1. The van der Waals surface area contributed by atoms with E-state index < -0.39 is 0 Å². The Labute approximate surface area is 149 Å². The van der Waals surface area contributed by atoms with Crippen LogP contribution in [0.5, 0.6) is 0 Å². The normalized spacial score (nSPS) is 17.4. The summed E-state index contributed by atoms with van der Waals surface area (Å²) < 4.78 is 0. The molecule has 1 unspecified atom stereocenters. The molecule has 1 N–H and O–H groups in total. The number of nitrogens with one attached hydrogen (secondary N) is 1. The fourth-order valence-electron chi connectivity index (χ4n) is 3.37. The lowest BCUT2D eigenvalue weighted by Crippen LogP contribution is -2.36. The Hall–Kier alpha value is -2.43. The molecule has 5 heteroatoms. The van der Waals surface area contributed by atoms with Gasteiger partial charge in [-0.1, -0.05) is 25.1 Å². The highest BCUT2D eigenvalue weighted by Gasteiger charge is 2.21. The predicted octanol–water partition coefficient (Wildman–Crippen LogP) is 3.89. The van der Waals surface area contributed by atoms with Crippen LogP contribution in [0.2, 0.25) is 0 Å². The van der Waals surface area contributed by atoms with E-state index in [0.29, 0.717) is 17.6 Å². The molecule has 0 saturated carbocycles. The summed E-state index contributed by atoms with van der Waals surface area (Å²) in [6, 6.07) is 7.73. The first-order valence-electron chi connectivity index (χ1n) is 8.92. The zero-order valence-electron chi connectivity index (χ0n) is 15.5. The Morgan fingerprint density at radius 2 is 1.92 bits per heavy atom. The van der Waals surface area contributed by atoms with Gasteiger partial charge in [0.2, 0.25) is 5.95 Å². The molecule has 0 spiro atoms. The van der Waals surface area contributed by atoms with Gasteiger partial charge in [-0.25, -0.2) is 9.97 Å². The monoisotopic (exact) mass is 338 g/mol. The maximum absolute atomic E-state index is 12.8. The van der Waals surface area contributed by atoms with Gasteiger partial charge >= 0.3 is 0 Å². The van der Waals surface area contributed by atoms with Crippen molar-refractivity contribution in [2.45, 2.75) is 40.5 Å². The van der Waals surface area contributed by atoms with Crippen LogP contribution < -0.4 is 10.2 Å². The fraction of sp³-hybridized carbons (Fsp3) is 0.450. The van der Waals surface area contributed by atoms with Gasteiger partial charge in [-0.15, -0.1) is 0 Å². The topological polar surface area (TPSA) is 58.1 Å². The minimum absolute atomic E-state index is 0.186. The van der Waals surface area contributed by atoms with Gasteiger partial charge in [-0.05, 0) is 56.7 Å². The Balaban J connectivity index is 1.85. The summed E-state index contributed by atoms with van der Waals surface area (Å²) in [5.74, 6) is 1.11. The van der Waals surface area contributed by atoms with E-state index in [1.807, 2.05) is 39.0 Å². The second kappa shape index (κ2) is 7.21. The van der Waals surface area contributed by atoms with E-state index in [1.165, 1.54) is 6.42 Å². The van der Waals surface area contributed by atoms with Crippen molar-refractivity contribution in [3.05, 3.63) is 46.8 Å². The lowest BCUT2D eigenvalue weighted by Gasteiger charge is -2.31. The maximum atomic E-state index is 12.8. The third-order valence-corrected chi connectivity index (χ3v) is 4.73. The molecule has 0 aliphatic carbocycles. The Bertz CT molecular complexity index is 767. The summed E-state index contributed by atoms with van der Waals surface area (Å²) in [6.07, 6.45) is 2.38. The van der Waals surface area contributed by atoms with Crippen LogP contribution in [0.15, 0.2) is 24.3 Å². The number of para-hydroxylation sites is 1. The van der Waals surface area contributed by atoms with E-state index in [4.69, 9.17) is 0 Å². The van der Waals surface area contributed by atoms with E-state index >= 15 is 0 Å². The zero-order valence-corrected chi connectivity index (χ0v) is 15.5. The van der Waals surface area contributed by atoms with Gasteiger partial charge in [0, 0.05) is 24.5 Å². The van der Waals surface area contributed by atoms with E-state index in [0.717, 1.165) is 42.0 Å². The minimum atomic E-state index is -0.186. The van der Waals surface area contributed by atoms with E-state index in [1.54, 1.807) is 6.07 Å². The van der Waals surface area contributed by atoms with Gasteiger partial charge in [0.05, 0.1) is 0 Å². The van der Waals surface area contributed by atoms with Crippen molar-refractivity contribution < 1.29 is 4.79 Å². The van der Waals surface area contributed by atoms with Crippen LogP contribution in [-0.4, -0.2) is 29.0 Å². The first kappa shape index (κ1) is 17.4. The number of benzene rings is 1. The molecule has 1 saturated heterocycles. The van der Waals surface area contributed by atoms with Gasteiger partial charge < -0.3 is 10.2 Å². The number of amides is 1. The highest BCUT2D eigenvalue weighted by molar-refractivity contribution is 6.04. The van der Waals surface area contributed by atoms with Crippen LogP contribution in [0, 0.1) is 26.7 Å². The average molecular weight is 338 g/mol. The zero-order chi connectivity index (χ0) is 18.0. The Kier molecular flexibility index (Phi) is 5.02. The van der Waals surface area contributed by atoms with E-state index in [2.05, 4.69) is 27.1 Å². The standard InChI is InChI=1S/C20H26N4O/c1-13-7-6-10-24(12-13)20-21-16(4)11-17(22-20)19(25)23-18-14(2)8-5-9-15(18)3/h5,8-9,11,13H,6-7,10,12H2,1-4H3,(H,23,25). The molecule has 2 heterocycles. The van der Waals surface area contributed by atoms with Crippen molar-refractivity contribution in [3.63, 3.8) is 0 Å². The molecule has 0 bridgehead atoms. The Morgan fingerprint density at radius 1 is 1.20 bits per heavy atom. The molecule has 1 atom stereocenters. The lowest BCUT2D eigenvalue weighted by molar-refractivity contribution is 0.102. The predicted molar refractivity (Wildman–Crippen MR) is 101 cm³/mol. The molecule has 0 radical (unpaired) electrons. The molecule has 1 amide bonds. The second-order valence-electron chi connectivity index (χ2n) is 7.11. The molecule has 1 fully saturated rings. The van der Waals surface area contributed by atoms with Crippen molar-refractivity contribution in [1.82, 2.24) is 9.97 Å². The molecule has 1 aliphatic rings. The smallest absolute Gasteiger partial charge is 0.274 e. The third-order valence-electron chi connectivity index (χ3n) is 4.73. The van der Waals surface area contributed by atoms with E-state index in [-0.39, 0.29) is 5.91 Å². The van der Waals surface area contributed by atoms with Crippen LogP contribution >= 0.6 is 0 Å². The number of carbonyl (C=O) groups is 1. The number of hydrogen-bond acceptors (Lipinski definition) is 4. The molecular formula is C20H26N4O. The highest BCUT2D eigenvalue weighted by atomic mass is 16.1. The number of carbonyl (C=O) groups excluding carboxylic acids is 1. The largest absolute Gasteiger partial charge is 0.341 e. The average Bonchev–Trinajstić information content (AvgIpc) is 2.57. The molecule has 1 aromatic carbocycles. The maximum Gasteiger partial charge on any atom is 0.274 e. The van der Waals surface area contributed by atoms with Crippen LogP contribution in [0.25, 0.3) is 0 Å². The summed E-state index contributed by atoms with van der Waals surface area (Å²) in [5, 5.41) is 3.01. The van der Waals surface area contributed by atoms with Crippen LogP contribution in [0.1, 0.15) is 47.1 Å². The first-order valence-corrected chi connectivity index (χ1v) is 8.92. The highest BCUT2D eigenvalue weighted by Crippen LogP contribution is 2.22. The summed E-state index contributed by atoms with van der Waals surface area (Å²) in [7, 11) is 0. The third kappa shape index (κ3) is 3.98. The molecule has 2 aromatic rings. The summed E-state index contributed by atoms with van der Waals surface area (Å²) >= 11 is 0. The number of hydrogen-bond donors (Lipinski definition) is 1. The van der Waals surface area contributed by atoms with E-state index in [9.17, 15) is 4.79 Å². The minimum Gasteiger partial charge on any atom is -0.341 e. The molecule has 5 nitrogen and oxygen atoms in total. The number of nitrogens with zero attached hydrogens (tertiary/aromatic N) is 3. The lowest BCUT2D eigenvalue weighted by atomic mass is 10.0. The number of anilines is 2. The van der Waals surface area contributed by atoms with Crippen LogP contribution in [-0.2, 0) is 0 Å². The number of rotatable bonds is 3. The number of aromatic nitrogens is 2. The number of aryl methyl sites for hydroxylation is 3. The molecule has 1 aromatic heterocycles. The number of piperidine rings is 1. The summed E-state index contributed by atoms with van der Waals surface area (Å²) in [5.41, 5.74) is 4.18. The van der Waals surface area contributed by atoms with Crippen LogP contribution in [0.4, 0.5) is 11.6 Å². The van der Waals surface area contributed by atoms with Crippen LogP contribution in [0.3, 0.4) is 0 Å². The van der Waals surface area contributed by atoms with Gasteiger partial charge in [0.1, 0.15) is 5.69 Å². The van der Waals surface area contributed by atoms with Gasteiger partial charge in [0.25, 0.3) is 5.91 Å². The Morgan fingerprint density at radius 3 is 2.60 bits per heavy atom. The molecule has 25 heavy (non-hydrogen) atoms. The van der Waals surface area contributed by atoms with Crippen molar-refractivity contribution in [2.24, 2.45) is 5.92 Å². The second-order valence-corrected chi connectivity index (χ2v) is 7.11. The molecule has 3 rings (SSSR count). The van der Waals surface area contributed by atoms with Gasteiger partial charge in [-0.2, -0.15) is 0 Å². The van der Waals surface area contributed by atoms with Gasteiger partial charge in [-0.3, -0.25) is 4.79 Å². The summed E-state index contributed by atoms with van der Waals surface area (Å²) in [4.78, 5) is 24.0. The molecular weight excluding hydrogens is 312 g/mol. The van der Waals surface area contributed by atoms with Crippen molar-refractivity contribution in [1.29, 1.82) is 0 Å². The quantitative estimate of drug-likeness (QED) is 0.922.